The van der Waals surface area contributed by atoms with Crippen molar-refractivity contribution in [2.45, 2.75) is 26.3 Å². The number of hydrogen-bond donors (Lipinski definition) is 2. The molecule has 2 rings (SSSR count). The number of nitrogens with one attached hydrogen (secondary N) is 2. The molecule has 1 aromatic carbocycles. The Morgan fingerprint density at radius 1 is 1.32 bits per heavy atom. The molecule has 0 aromatic heterocycles. The minimum absolute atomic E-state index is 0.180. The zero-order valence-corrected chi connectivity index (χ0v) is 13.7. The normalized spacial score (nSPS) is 17.5. The third-order valence-electron chi connectivity index (χ3n) is 3.87. The van der Waals surface area contributed by atoms with E-state index in [1.807, 2.05) is 0 Å². The van der Waals surface area contributed by atoms with Gasteiger partial charge in [-0.05, 0) is 38.5 Å². The van der Waals surface area contributed by atoms with Crippen LogP contribution in [0.4, 0.5) is 5.69 Å². The van der Waals surface area contributed by atoms with E-state index in [4.69, 9.17) is 0 Å². The molecule has 1 aliphatic heterocycles. The number of halogens is 1. The minimum atomic E-state index is 0.180. The highest BCUT2D eigenvalue weighted by Crippen LogP contribution is 2.22. The molecular formula is C15H24BrN3. The van der Waals surface area contributed by atoms with E-state index in [1.54, 1.807) is 0 Å². The monoisotopic (exact) mass is 325 g/mol. The van der Waals surface area contributed by atoms with Crippen LogP contribution in [0.5, 0.6) is 0 Å². The number of hydrogen-bond acceptors (Lipinski definition) is 3. The summed E-state index contributed by atoms with van der Waals surface area (Å²) in [5.41, 5.74) is 2.63. The van der Waals surface area contributed by atoms with Gasteiger partial charge >= 0.3 is 0 Å². The van der Waals surface area contributed by atoms with Gasteiger partial charge in [0.2, 0.25) is 0 Å². The molecule has 19 heavy (non-hydrogen) atoms. The van der Waals surface area contributed by atoms with Gasteiger partial charge < -0.3 is 10.6 Å². The van der Waals surface area contributed by atoms with Crippen LogP contribution >= 0.6 is 15.9 Å². The topological polar surface area (TPSA) is 27.3 Å². The first-order chi connectivity index (χ1) is 8.99. The van der Waals surface area contributed by atoms with Gasteiger partial charge in [-0.1, -0.05) is 22.0 Å². The van der Waals surface area contributed by atoms with Crippen molar-refractivity contribution in [3.63, 3.8) is 0 Å². The summed E-state index contributed by atoms with van der Waals surface area (Å²) in [5.74, 6) is 0. The maximum atomic E-state index is 3.58. The zero-order chi connectivity index (χ0) is 13.9. The molecule has 0 bridgehead atoms. The van der Waals surface area contributed by atoms with Gasteiger partial charge in [0.05, 0.1) is 0 Å². The highest BCUT2D eigenvalue weighted by Gasteiger charge is 2.27. The van der Waals surface area contributed by atoms with E-state index in [0.717, 1.165) is 37.2 Å². The molecule has 0 aliphatic carbocycles. The van der Waals surface area contributed by atoms with E-state index in [0.29, 0.717) is 0 Å². The second kappa shape index (κ2) is 6.25. The van der Waals surface area contributed by atoms with Crippen molar-refractivity contribution in [1.82, 2.24) is 10.2 Å². The van der Waals surface area contributed by atoms with E-state index in [-0.39, 0.29) is 5.54 Å². The van der Waals surface area contributed by atoms with E-state index in [2.05, 4.69) is 70.4 Å². The van der Waals surface area contributed by atoms with E-state index >= 15 is 0 Å². The Morgan fingerprint density at radius 3 is 2.63 bits per heavy atom. The SMILES string of the molecule is Cc1ccc(NCC(C)(C)N2CCNCC2)cc1Br. The van der Waals surface area contributed by atoms with Crippen molar-refractivity contribution in [3.05, 3.63) is 28.2 Å². The fourth-order valence-corrected chi connectivity index (χ4v) is 2.78. The molecule has 0 unspecified atom stereocenters. The predicted molar refractivity (Wildman–Crippen MR) is 85.9 cm³/mol. The van der Waals surface area contributed by atoms with Crippen molar-refractivity contribution in [1.29, 1.82) is 0 Å². The largest absolute Gasteiger partial charge is 0.383 e. The summed E-state index contributed by atoms with van der Waals surface area (Å²) in [7, 11) is 0. The Balaban J connectivity index is 1.94. The summed E-state index contributed by atoms with van der Waals surface area (Å²) in [5, 5.41) is 6.96. The molecule has 3 nitrogen and oxygen atoms in total. The predicted octanol–water partition coefficient (Wildman–Crippen LogP) is 2.85. The fourth-order valence-electron chi connectivity index (χ4n) is 2.40. The smallest absolute Gasteiger partial charge is 0.0352 e. The van der Waals surface area contributed by atoms with Crippen molar-refractivity contribution in [2.75, 3.05) is 38.0 Å². The lowest BCUT2D eigenvalue weighted by atomic mass is 10.0. The quantitative estimate of drug-likeness (QED) is 0.891. The summed E-state index contributed by atoms with van der Waals surface area (Å²) in [4.78, 5) is 2.56. The van der Waals surface area contributed by atoms with Gasteiger partial charge in [-0.3, -0.25) is 4.90 Å². The minimum Gasteiger partial charge on any atom is -0.383 e. The standard InChI is InChI=1S/C15H24BrN3/c1-12-4-5-13(10-14(12)16)18-11-15(2,3)19-8-6-17-7-9-19/h4-5,10,17-18H,6-9,11H2,1-3H3. The molecule has 1 fully saturated rings. The summed E-state index contributed by atoms with van der Waals surface area (Å²) in [6.07, 6.45) is 0. The van der Waals surface area contributed by atoms with Crippen molar-refractivity contribution >= 4 is 21.6 Å². The first-order valence-corrected chi connectivity index (χ1v) is 7.74. The number of nitrogens with zero attached hydrogens (tertiary/aromatic N) is 1. The van der Waals surface area contributed by atoms with Crippen molar-refractivity contribution < 1.29 is 0 Å². The number of anilines is 1. The van der Waals surface area contributed by atoms with Gasteiger partial charge in [0.15, 0.2) is 0 Å². The molecule has 106 valence electrons. The van der Waals surface area contributed by atoms with E-state index in [9.17, 15) is 0 Å². The lowest BCUT2D eigenvalue weighted by Crippen LogP contribution is -2.56. The Kier molecular flexibility index (Phi) is 4.87. The maximum Gasteiger partial charge on any atom is 0.0352 e. The van der Waals surface area contributed by atoms with Crippen LogP contribution < -0.4 is 10.6 Å². The molecule has 0 saturated carbocycles. The highest BCUT2D eigenvalue weighted by atomic mass is 79.9. The van der Waals surface area contributed by atoms with Crippen molar-refractivity contribution in [3.8, 4) is 0 Å². The van der Waals surface area contributed by atoms with Crippen LogP contribution in [0, 0.1) is 6.92 Å². The third kappa shape index (κ3) is 3.94. The Morgan fingerprint density at radius 2 is 2.00 bits per heavy atom. The molecule has 1 saturated heterocycles. The van der Waals surface area contributed by atoms with Gasteiger partial charge in [-0.15, -0.1) is 0 Å². The van der Waals surface area contributed by atoms with Crippen LogP contribution in [0.15, 0.2) is 22.7 Å². The lowest BCUT2D eigenvalue weighted by Gasteiger charge is -2.41. The summed E-state index contributed by atoms with van der Waals surface area (Å²) in [6.45, 7) is 12.2. The van der Waals surface area contributed by atoms with Crippen LogP contribution in [-0.4, -0.2) is 43.2 Å². The summed E-state index contributed by atoms with van der Waals surface area (Å²) < 4.78 is 1.16. The second-order valence-corrected chi connectivity index (χ2v) is 6.72. The molecule has 0 radical (unpaired) electrons. The van der Waals surface area contributed by atoms with Crippen LogP contribution in [0.1, 0.15) is 19.4 Å². The second-order valence-electron chi connectivity index (χ2n) is 5.87. The summed E-state index contributed by atoms with van der Waals surface area (Å²) >= 11 is 3.58. The lowest BCUT2D eigenvalue weighted by molar-refractivity contribution is 0.114. The van der Waals surface area contributed by atoms with Crippen LogP contribution in [-0.2, 0) is 0 Å². The first kappa shape index (κ1) is 14.8. The Hall–Kier alpha value is -0.580. The summed E-state index contributed by atoms with van der Waals surface area (Å²) in [6, 6.07) is 6.45. The van der Waals surface area contributed by atoms with Crippen LogP contribution in [0.3, 0.4) is 0 Å². The molecule has 1 aromatic rings. The molecule has 0 atom stereocenters. The number of benzene rings is 1. The van der Waals surface area contributed by atoms with Gasteiger partial charge in [0.1, 0.15) is 0 Å². The Labute approximate surface area is 124 Å². The Bertz CT molecular complexity index is 425. The van der Waals surface area contributed by atoms with E-state index in [1.165, 1.54) is 11.3 Å². The molecule has 0 spiro atoms. The maximum absolute atomic E-state index is 3.58. The van der Waals surface area contributed by atoms with Gasteiger partial charge in [-0.2, -0.15) is 0 Å². The van der Waals surface area contributed by atoms with Gasteiger partial charge in [-0.25, -0.2) is 0 Å². The molecule has 2 N–H and O–H groups in total. The molecule has 0 amide bonds. The first-order valence-electron chi connectivity index (χ1n) is 6.95. The number of aryl methyl sites for hydroxylation is 1. The molecular weight excluding hydrogens is 302 g/mol. The highest BCUT2D eigenvalue weighted by molar-refractivity contribution is 9.10. The van der Waals surface area contributed by atoms with Crippen molar-refractivity contribution in [2.24, 2.45) is 0 Å². The van der Waals surface area contributed by atoms with Crippen LogP contribution in [0.2, 0.25) is 0 Å². The average molecular weight is 326 g/mol. The van der Waals surface area contributed by atoms with E-state index < -0.39 is 0 Å². The molecule has 1 heterocycles. The van der Waals surface area contributed by atoms with Gasteiger partial charge in [0.25, 0.3) is 0 Å². The van der Waals surface area contributed by atoms with Crippen LogP contribution in [0.25, 0.3) is 0 Å². The molecule has 1 aliphatic rings. The zero-order valence-electron chi connectivity index (χ0n) is 12.1. The third-order valence-corrected chi connectivity index (χ3v) is 4.72. The number of piperazine rings is 1. The van der Waals surface area contributed by atoms with Gasteiger partial charge in [0, 0.05) is 48.4 Å². The molecule has 4 heteroatoms. The average Bonchev–Trinajstić information content (AvgIpc) is 2.41. The fraction of sp³-hybridized carbons (Fsp3) is 0.600. The number of rotatable bonds is 4.